The molecule has 6 atom stereocenters. The van der Waals surface area contributed by atoms with E-state index in [1.165, 1.54) is 19.2 Å². The van der Waals surface area contributed by atoms with Gasteiger partial charge in [-0.1, -0.05) is 37.1 Å². The van der Waals surface area contributed by atoms with Gasteiger partial charge < -0.3 is 34.4 Å². The Labute approximate surface area is 304 Å². The van der Waals surface area contributed by atoms with Crippen molar-refractivity contribution < 1.29 is 44.1 Å². The highest BCUT2D eigenvalue weighted by Gasteiger charge is 2.65. The van der Waals surface area contributed by atoms with Crippen molar-refractivity contribution in [2.24, 2.45) is 22.9 Å². The number of methoxy groups -OCH3 is 1. The van der Waals surface area contributed by atoms with Crippen LogP contribution in [0.25, 0.3) is 0 Å². The lowest BCUT2D eigenvalue weighted by molar-refractivity contribution is -0.384. The Morgan fingerprint density at radius 3 is 2.52 bits per heavy atom. The monoisotopic (exact) mass is 721 g/mol. The fourth-order valence-electron chi connectivity index (χ4n) is 8.29. The quantitative estimate of drug-likeness (QED) is 0.0658. The molecule has 2 aromatic carbocycles. The summed E-state index contributed by atoms with van der Waals surface area (Å²) in [5.41, 5.74) is 2.96. The van der Waals surface area contributed by atoms with Crippen LogP contribution in [-0.4, -0.2) is 82.3 Å². The topological polar surface area (TPSA) is 173 Å². The van der Waals surface area contributed by atoms with Crippen LogP contribution < -0.4 is 4.74 Å². The highest BCUT2D eigenvalue weighted by atomic mass is 16.7. The molecule has 282 valence electrons. The van der Waals surface area contributed by atoms with Gasteiger partial charge in [0.2, 0.25) is 5.79 Å². The average molecular weight is 722 g/mol. The number of fused-ring (bicyclic) bond motifs is 2. The molecule has 2 aliphatic carbocycles. The lowest BCUT2D eigenvalue weighted by Crippen LogP contribution is -2.70. The molecule has 1 aliphatic heterocycles. The van der Waals surface area contributed by atoms with Crippen LogP contribution in [0.1, 0.15) is 75.3 Å². The smallest absolute Gasteiger partial charge is 0.409 e. The summed E-state index contributed by atoms with van der Waals surface area (Å²) in [4.78, 5) is 32.0. The minimum atomic E-state index is -1.42. The zero-order valence-corrected chi connectivity index (χ0v) is 30.0. The number of non-ortho nitro benzene ring substituents is 1. The summed E-state index contributed by atoms with van der Waals surface area (Å²) in [6, 6.07) is 10.4. The minimum absolute atomic E-state index is 0.0222. The van der Waals surface area contributed by atoms with Gasteiger partial charge in [-0.15, -0.1) is 6.58 Å². The lowest BCUT2D eigenvalue weighted by atomic mass is 9.55. The van der Waals surface area contributed by atoms with E-state index in [0.717, 1.165) is 36.8 Å². The highest BCUT2D eigenvalue weighted by molar-refractivity contribution is 6.03. The number of hydrogen-bond donors (Lipinski definition) is 3. The van der Waals surface area contributed by atoms with Gasteiger partial charge in [0.1, 0.15) is 24.1 Å². The lowest BCUT2D eigenvalue weighted by Gasteiger charge is -2.59. The van der Waals surface area contributed by atoms with E-state index in [1.54, 1.807) is 41.3 Å². The molecule has 5 rings (SSSR count). The second kappa shape index (κ2) is 17.8. The van der Waals surface area contributed by atoms with Crippen molar-refractivity contribution in [2.75, 3.05) is 33.5 Å². The Hall–Kier alpha value is -4.46. The first-order valence-corrected chi connectivity index (χ1v) is 18.2. The van der Waals surface area contributed by atoms with E-state index in [0.29, 0.717) is 42.8 Å². The third-order valence-corrected chi connectivity index (χ3v) is 10.5. The zero-order valence-electron chi connectivity index (χ0n) is 30.0. The van der Waals surface area contributed by atoms with Gasteiger partial charge >= 0.3 is 6.09 Å². The number of rotatable bonds is 18. The van der Waals surface area contributed by atoms with E-state index in [2.05, 4.69) is 12.7 Å². The minimum Gasteiger partial charge on any atom is -0.508 e. The van der Waals surface area contributed by atoms with Gasteiger partial charge in [0.05, 0.1) is 30.3 Å². The molecule has 3 N–H and O–H groups in total. The molecule has 13 nitrogen and oxygen atoms in total. The number of allylic oxidation sites excluding steroid dienone is 1. The van der Waals surface area contributed by atoms with Crippen molar-refractivity contribution in [3.8, 4) is 11.5 Å². The molecule has 1 saturated carbocycles. The number of unbranched alkanes of at least 4 members (excludes halogenated alkanes) is 2. The zero-order chi connectivity index (χ0) is 37.3. The van der Waals surface area contributed by atoms with Crippen molar-refractivity contribution in [1.82, 2.24) is 4.90 Å². The number of ether oxygens (including phenoxy) is 3. The summed E-state index contributed by atoms with van der Waals surface area (Å²) in [5.74, 6) is -1.49. The second-order valence-electron chi connectivity index (χ2n) is 13.7. The Bertz CT molecular complexity index is 1610. The molecule has 0 spiro atoms. The van der Waals surface area contributed by atoms with Gasteiger partial charge in [0.15, 0.2) is 0 Å². The number of nitro groups is 1. The average Bonchev–Trinajstić information content (AvgIpc) is 3.14. The predicted octanol–water partition coefficient (Wildman–Crippen LogP) is 6.61. The molecule has 13 heteroatoms. The highest BCUT2D eigenvalue weighted by Crippen LogP contribution is 2.61. The van der Waals surface area contributed by atoms with E-state index in [9.17, 15) is 30.2 Å². The van der Waals surface area contributed by atoms with Gasteiger partial charge in [-0.2, -0.15) is 0 Å². The van der Waals surface area contributed by atoms with Gasteiger partial charge in [-0.25, -0.2) is 4.79 Å². The van der Waals surface area contributed by atoms with Crippen LogP contribution in [0.2, 0.25) is 0 Å². The van der Waals surface area contributed by atoms with Crippen LogP contribution in [-0.2, 0) is 20.9 Å². The van der Waals surface area contributed by atoms with Crippen molar-refractivity contribution in [2.45, 2.75) is 82.6 Å². The number of phenolic OH excluding ortho intramolecular Hbond substituents is 1. The summed E-state index contributed by atoms with van der Waals surface area (Å²) >= 11 is 0. The number of aromatic hydroxyl groups is 1. The summed E-state index contributed by atoms with van der Waals surface area (Å²) in [7, 11) is 1.34. The molecular formula is C39H51N3O10. The molecule has 1 amide bonds. The van der Waals surface area contributed by atoms with E-state index in [1.807, 2.05) is 6.92 Å². The number of benzene rings is 2. The fraction of sp³-hybridized carbons (Fsp3) is 0.538. The summed E-state index contributed by atoms with van der Waals surface area (Å²) in [6.07, 6.45) is 8.58. The normalized spacial score (nSPS) is 25.3. The van der Waals surface area contributed by atoms with Crippen molar-refractivity contribution in [3.05, 3.63) is 88.0 Å². The Morgan fingerprint density at radius 2 is 1.87 bits per heavy atom. The predicted molar refractivity (Wildman–Crippen MR) is 194 cm³/mol. The molecule has 0 unspecified atom stereocenters. The molecule has 52 heavy (non-hydrogen) atoms. The first-order valence-electron chi connectivity index (χ1n) is 18.2. The van der Waals surface area contributed by atoms with Crippen LogP contribution in [0.3, 0.4) is 0 Å². The second-order valence-corrected chi connectivity index (χ2v) is 13.7. The van der Waals surface area contributed by atoms with E-state index >= 15 is 0 Å². The van der Waals surface area contributed by atoms with E-state index < -0.39 is 28.8 Å². The van der Waals surface area contributed by atoms with Crippen LogP contribution in [0.4, 0.5) is 10.5 Å². The number of oxime groups is 1. The third kappa shape index (κ3) is 8.11. The van der Waals surface area contributed by atoms with Crippen LogP contribution in [0.5, 0.6) is 11.5 Å². The van der Waals surface area contributed by atoms with Gasteiger partial charge in [0, 0.05) is 49.8 Å². The molecule has 3 aliphatic rings. The number of aliphatic hydroxyl groups is 2. The van der Waals surface area contributed by atoms with Gasteiger partial charge in [-0.05, 0) is 85.4 Å². The standard InChI is InChI=1S/C39H51N3O10/c1-4-18-41(38(46)49-3)35-24-33(40-51-25-26-12-14-28(15-13-26)42(47)48)31-22-27(10-6-8-19-43)30(11-7-9-20-44)36-32-23-29(45)16-17-34(32)52-39(35,37(31)36)50-21-5-2/h5,12-17,22-23,27,30,35-37,43-45H,2,4,6-11,18-21,24-25H2,1,3H3/t27-,30+,35-,36+,37+,39+/m0/s1. The van der Waals surface area contributed by atoms with Crippen molar-refractivity contribution in [3.63, 3.8) is 0 Å². The third-order valence-electron chi connectivity index (χ3n) is 10.5. The number of carbonyl (C=O) groups is 1. The van der Waals surface area contributed by atoms with Gasteiger partial charge in [-0.3, -0.25) is 15.0 Å². The van der Waals surface area contributed by atoms with Crippen LogP contribution >= 0.6 is 0 Å². The maximum Gasteiger partial charge on any atom is 0.409 e. The van der Waals surface area contributed by atoms with Crippen molar-refractivity contribution in [1.29, 1.82) is 0 Å². The Balaban J connectivity index is 1.71. The Morgan fingerprint density at radius 1 is 1.13 bits per heavy atom. The number of aliphatic hydroxyl groups excluding tert-OH is 2. The molecular weight excluding hydrogens is 670 g/mol. The maximum absolute atomic E-state index is 13.6. The molecule has 0 saturated heterocycles. The van der Waals surface area contributed by atoms with Crippen molar-refractivity contribution >= 4 is 17.5 Å². The number of nitro benzene ring substituents is 1. The Kier molecular flexibility index (Phi) is 13.3. The summed E-state index contributed by atoms with van der Waals surface area (Å²) in [5, 5.41) is 46.2. The largest absolute Gasteiger partial charge is 0.508 e. The van der Waals surface area contributed by atoms with E-state index in [-0.39, 0.29) is 62.0 Å². The number of nitrogens with zero attached hydrogens (tertiary/aromatic N) is 3. The SMILES string of the molecule is C=CCO[C@@]12Oc3ccc(O)cc3[C@H]3[C@H](CCCCO)[C@@H](CCCCO)C=C(C(=NOCc4ccc([N+](=O)[O-])cc4)C[C@@H]1N(CCC)C(=O)OC)[C@H]32. The first kappa shape index (κ1) is 38.8. The molecule has 0 bridgehead atoms. The summed E-state index contributed by atoms with van der Waals surface area (Å²) < 4.78 is 19.2. The number of carbonyl (C=O) groups excluding carboxylic acids is 1. The molecule has 0 radical (unpaired) electrons. The number of amides is 1. The fourth-order valence-corrected chi connectivity index (χ4v) is 8.29. The molecule has 1 heterocycles. The summed E-state index contributed by atoms with van der Waals surface area (Å²) in [6.45, 7) is 6.57. The van der Waals surface area contributed by atoms with E-state index in [4.69, 9.17) is 24.2 Å². The number of hydrogen-bond acceptors (Lipinski definition) is 11. The number of phenols is 1. The molecule has 0 aromatic heterocycles. The van der Waals surface area contributed by atoms with Crippen LogP contribution in [0, 0.1) is 27.9 Å². The maximum atomic E-state index is 13.6. The first-order chi connectivity index (χ1) is 25.2. The molecule has 2 aromatic rings. The molecule has 1 fully saturated rings. The van der Waals surface area contributed by atoms with Gasteiger partial charge in [0.25, 0.3) is 5.69 Å². The van der Waals surface area contributed by atoms with Crippen LogP contribution in [0.15, 0.2) is 71.9 Å².